The predicted octanol–water partition coefficient (Wildman–Crippen LogP) is 1.09. The minimum atomic E-state index is -0.451. The molecule has 0 spiro atoms. The van der Waals surface area contributed by atoms with Gasteiger partial charge in [0.15, 0.2) is 0 Å². The van der Waals surface area contributed by atoms with Gasteiger partial charge in [0.05, 0.1) is 11.5 Å². The average molecular weight is 281 g/mol. The van der Waals surface area contributed by atoms with E-state index in [9.17, 15) is 15.2 Å². The molecule has 1 aliphatic carbocycles. The number of aromatic nitrogens is 2. The van der Waals surface area contributed by atoms with Crippen molar-refractivity contribution in [3.8, 4) is 0 Å². The van der Waals surface area contributed by atoms with Gasteiger partial charge >= 0.3 is 5.69 Å². The summed E-state index contributed by atoms with van der Waals surface area (Å²) in [5.41, 5.74) is 0.246. The van der Waals surface area contributed by atoms with Crippen molar-refractivity contribution >= 4 is 17.5 Å². The molecule has 20 heavy (non-hydrogen) atoms. The van der Waals surface area contributed by atoms with Gasteiger partial charge in [0, 0.05) is 19.6 Å². The van der Waals surface area contributed by atoms with E-state index < -0.39 is 4.92 Å². The Balaban J connectivity index is 2.49. The number of aryl methyl sites for hydroxylation is 1. The fourth-order valence-corrected chi connectivity index (χ4v) is 2.35. The first-order valence-electron chi connectivity index (χ1n) is 6.66. The second-order valence-electron chi connectivity index (χ2n) is 4.81. The highest BCUT2D eigenvalue weighted by Gasteiger charge is 2.32. The number of anilines is 2. The van der Waals surface area contributed by atoms with Gasteiger partial charge in [-0.2, -0.15) is 4.98 Å². The first kappa shape index (κ1) is 14.4. The molecule has 0 atom stereocenters. The number of rotatable bonds is 6. The Morgan fingerprint density at radius 3 is 2.65 bits per heavy atom. The fourth-order valence-electron chi connectivity index (χ4n) is 2.35. The normalized spacial score (nSPS) is 14.8. The molecule has 8 heteroatoms. The predicted molar refractivity (Wildman–Crippen MR) is 75.0 cm³/mol. The van der Waals surface area contributed by atoms with Crippen LogP contribution < -0.4 is 10.2 Å². The van der Waals surface area contributed by atoms with Crippen molar-refractivity contribution in [2.45, 2.75) is 32.2 Å². The van der Waals surface area contributed by atoms with Crippen LogP contribution in [0, 0.1) is 17.0 Å². The summed E-state index contributed by atoms with van der Waals surface area (Å²) in [6, 6.07) is 0.208. The van der Waals surface area contributed by atoms with E-state index in [1.54, 1.807) is 14.0 Å². The smallest absolute Gasteiger partial charge is 0.332 e. The summed E-state index contributed by atoms with van der Waals surface area (Å²) in [4.78, 5) is 21.0. The lowest BCUT2D eigenvalue weighted by Crippen LogP contribution is -2.43. The number of aliphatic hydroxyl groups is 1. The van der Waals surface area contributed by atoms with E-state index in [1.165, 1.54) is 0 Å². The second kappa shape index (κ2) is 6.00. The van der Waals surface area contributed by atoms with Crippen LogP contribution in [0.1, 0.15) is 25.0 Å². The van der Waals surface area contributed by atoms with Crippen LogP contribution in [0.2, 0.25) is 0 Å². The molecule has 110 valence electrons. The molecular formula is C12H19N5O3. The van der Waals surface area contributed by atoms with Crippen LogP contribution in [0.5, 0.6) is 0 Å². The maximum absolute atomic E-state index is 11.3. The van der Waals surface area contributed by atoms with Gasteiger partial charge in [-0.3, -0.25) is 10.1 Å². The fraction of sp³-hybridized carbons (Fsp3) is 0.667. The van der Waals surface area contributed by atoms with Gasteiger partial charge in [0.1, 0.15) is 5.69 Å². The Morgan fingerprint density at radius 1 is 1.50 bits per heavy atom. The van der Waals surface area contributed by atoms with Gasteiger partial charge < -0.3 is 15.3 Å². The van der Waals surface area contributed by atoms with Crippen LogP contribution in [-0.4, -0.2) is 46.2 Å². The number of nitrogens with zero attached hydrogens (tertiary/aromatic N) is 4. The van der Waals surface area contributed by atoms with Crippen molar-refractivity contribution in [3.63, 3.8) is 0 Å². The highest BCUT2D eigenvalue weighted by Crippen LogP contribution is 2.35. The minimum absolute atomic E-state index is 0.0639. The second-order valence-corrected chi connectivity index (χ2v) is 4.81. The molecule has 0 aromatic carbocycles. The zero-order chi connectivity index (χ0) is 14.7. The lowest BCUT2D eigenvalue weighted by atomic mass is 9.91. The minimum Gasteiger partial charge on any atom is -0.395 e. The highest BCUT2D eigenvalue weighted by atomic mass is 16.6. The molecule has 0 radical (unpaired) electrons. The molecular weight excluding hydrogens is 262 g/mol. The number of aliphatic hydroxyl groups excluding tert-OH is 1. The Bertz CT molecular complexity index is 504. The molecule has 1 heterocycles. The highest BCUT2D eigenvalue weighted by molar-refractivity contribution is 5.63. The molecule has 0 saturated heterocycles. The Labute approximate surface area is 117 Å². The SMILES string of the molecule is CNc1nc(C)c([N+](=O)[O-])c(N(CCO)C2CCC2)n1. The molecule has 2 rings (SSSR count). The summed E-state index contributed by atoms with van der Waals surface area (Å²) in [6.07, 6.45) is 3.04. The van der Waals surface area contributed by atoms with E-state index in [4.69, 9.17) is 0 Å². The third-order valence-corrected chi connectivity index (χ3v) is 3.57. The van der Waals surface area contributed by atoms with Crippen LogP contribution in [0.25, 0.3) is 0 Å². The lowest BCUT2D eigenvalue weighted by molar-refractivity contribution is -0.385. The van der Waals surface area contributed by atoms with Crippen molar-refractivity contribution in [2.75, 3.05) is 30.4 Å². The van der Waals surface area contributed by atoms with Crippen molar-refractivity contribution in [1.82, 2.24) is 9.97 Å². The van der Waals surface area contributed by atoms with Gasteiger partial charge in [-0.1, -0.05) is 0 Å². The molecule has 0 aliphatic heterocycles. The maximum Gasteiger partial charge on any atom is 0.332 e. The first-order valence-corrected chi connectivity index (χ1v) is 6.66. The van der Waals surface area contributed by atoms with E-state index in [0.717, 1.165) is 19.3 Å². The number of nitrogens with one attached hydrogen (secondary N) is 1. The molecule has 0 amide bonds. The summed E-state index contributed by atoms with van der Waals surface area (Å²) >= 11 is 0. The van der Waals surface area contributed by atoms with E-state index in [1.807, 2.05) is 4.90 Å². The first-order chi connectivity index (χ1) is 9.58. The monoisotopic (exact) mass is 281 g/mol. The topological polar surface area (TPSA) is 104 Å². The summed E-state index contributed by atoms with van der Waals surface area (Å²) in [7, 11) is 1.67. The van der Waals surface area contributed by atoms with Gasteiger partial charge in [0.2, 0.25) is 11.8 Å². The van der Waals surface area contributed by atoms with Crippen LogP contribution in [0.4, 0.5) is 17.5 Å². The Morgan fingerprint density at radius 2 is 2.20 bits per heavy atom. The molecule has 0 bridgehead atoms. The third kappa shape index (κ3) is 2.64. The number of hydrogen-bond donors (Lipinski definition) is 2. The zero-order valence-electron chi connectivity index (χ0n) is 11.7. The molecule has 1 saturated carbocycles. The summed E-state index contributed by atoms with van der Waals surface area (Å²) in [5.74, 6) is 0.649. The van der Waals surface area contributed by atoms with Crippen molar-refractivity contribution in [1.29, 1.82) is 0 Å². The summed E-state index contributed by atoms with van der Waals surface area (Å²) < 4.78 is 0. The van der Waals surface area contributed by atoms with Gasteiger partial charge in [0.25, 0.3) is 0 Å². The van der Waals surface area contributed by atoms with E-state index in [0.29, 0.717) is 24.0 Å². The summed E-state index contributed by atoms with van der Waals surface area (Å²) in [5, 5.41) is 23.3. The zero-order valence-corrected chi connectivity index (χ0v) is 11.7. The van der Waals surface area contributed by atoms with Crippen molar-refractivity contribution < 1.29 is 10.0 Å². The van der Waals surface area contributed by atoms with Crippen molar-refractivity contribution in [3.05, 3.63) is 15.8 Å². The Hall–Kier alpha value is -1.96. The molecule has 1 aromatic rings. The van der Waals surface area contributed by atoms with Crippen molar-refractivity contribution in [2.24, 2.45) is 0 Å². The van der Waals surface area contributed by atoms with E-state index >= 15 is 0 Å². The van der Waals surface area contributed by atoms with Crippen LogP contribution in [0.3, 0.4) is 0 Å². The third-order valence-electron chi connectivity index (χ3n) is 3.57. The van der Waals surface area contributed by atoms with Crippen LogP contribution in [0.15, 0.2) is 0 Å². The quantitative estimate of drug-likeness (QED) is 0.594. The molecule has 1 aromatic heterocycles. The largest absolute Gasteiger partial charge is 0.395 e. The average Bonchev–Trinajstić information content (AvgIpc) is 2.34. The van der Waals surface area contributed by atoms with Gasteiger partial charge in [-0.15, -0.1) is 0 Å². The number of nitro groups is 1. The van der Waals surface area contributed by atoms with E-state index in [2.05, 4.69) is 15.3 Å². The van der Waals surface area contributed by atoms with Crippen LogP contribution >= 0.6 is 0 Å². The molecule has 1 fully saturated rings. The maximum atomic E-state index is 11.3. The summed E-state index contributed by atoms with van der Waals surface area (Å²) in [6.45, 7) is 1.87. The van der Waals surface area contributed by atoms with Crippen LogP contribution in [-0.2, 0) is 0 Å². The number of hydrogen-bond acceptors (Lipinski definition) is 7. The standard InChI is InChI=1S/C12H19N5O3/c1-8-10(17(19)20)11(15-12(13-2)14-8)16(6-7-18)9-4-3-5-9/h9,18H,3-7H2,1-2H3,(H,13,14,15). The molecule has 8 nitrogen and oxygen atoms in total. The van der Waals surface area contributed by atoms with Gasteiger partial charge in [-0.05, 0) is 26.2 Å². The Kier molecular flexibility index (Phi) is 4.33. The van der Waals surface area contributed by atoms with Gasteiger partial charge in [-0.25, -0.2) is 4.98 Å². The molecule has 2 N–H and O–H groups in total. The molecule has 0 unspecified atom stereocenters. The molecule has 1 aliphatic rings. The lowest BCUT2D eigenvalue weighted by Gasteiger charge is -2.37. The van der Waals surface area contributed by atoms with E-state index in [-0.39, 0.29) is 18.3 Å².